The number of anilines is 1. The molecule has 0 spiro atoms. The van der Waals surface area contributed by atoms with Gasteiger partial charge in [0.2, 0.25) is 5.91 Å². The predicted molar refractivity (Wildman–Crippen MR) is 139 cm³/mol. The van der Waals surface area contributed by atoms with Gasteiger partial charge in [-0.05, 0) is 73.5 Å². The summed E-state index contributed by atoms with van der Waals surface area (Å²) in [5.74, 6) is -2.53. The number of carbonyl (C=O) groups is 3. The molecule has 208 valence electrons. The zero-order valence-electron chi connectivity index (χ0n) is 21.7. The molecule has 1 heterocycles. The van der Waals surface area contributed by atoms with Crippen molar-refractivity contribution < 1.29 is 36.7 Å². The molecule has 2 amide bonds. The van der Waals surface area contributed by atoms with Crippen LogP contribution in [0, 0.1) is 5.82 Å². The van der Waals surface area contributed by atoms with E-state index in [1.54, 1.807) is 38.1 Å². The number of halogens is 4. The van der Waals surface area contributed by atoms with Crippen LogP contribution in [0.15, 0.2) is 84.1 Å². The van der Waals surface area contributed by atoms with E-state index in [0.29, 0.717) is 28.1 Å². The molecular weight excluding hydrogens is 528 g/mol. The van der Waals surface area contributed by atoms with Crippen molar-refractivity contribution in [3.05, 3.63) is 112 Å². The zero-order chi connectivity index (χ0) is 29.0. The Morgan fingerprint density at radius 3 is 2.17 bits per heavy atom. The van der Waals surface area contributed by atoms with Crippen LogP contribution >= 0.6 is 0 Å². The molecule has 0 fully saturated rings. The molecule has 1 atom stereocenters. The molecule has 3 aromatic rings. The summed E-state index contributed by atoms with van der Waals surface area (Å²) < 4.78 is 57.5. The van der Waals surface area contributed by atoms with Crippen molar-refractivity contribution in [2.75, 3.05) is 11.9 Å². The fourth-order valence-corrected chi connectivity index (χ4v) is 4.55. The van der Waals surface area contributed by atoms with Gasteiger partial charge < -0.3 is 15.0 Å². The van der Waals surface area contributed by atoms with Gasteiger partial charge in [-0.1, -0.05) is 24.3 Å². The second kappa shape index (κ2) is 11.7. The molecule has 0 saturated heterocycles. The standard InChI is InChI=1S/C30H26F4N2O4/c1-3-40-29(39)27-18(2)36(26(37)16-25(27)20-8-10-22(11-9-20)30(32,33)34)17-19-4-6-21(7-5-19)28(38)35-24-14-12-23(31)13-15-24/h4-15,25H,3,16-17H2,1-2H3,(H,35,38). The van der Waals surface area contributed by atoms with E-state index in [1.807, 2.05) is 0 Å². The SMILES string of the molecule is CCOC(=O)C1=C(C)N(Cc2ccc(C(=O)Nc3ccc(F)cc3)cc2)C(=O)CC1c1ccc(C(F)(F)F)cc1. The van der Waals surface area contributed by atoms with Crippen molar-refractivity contribution in [1.82, 2.24) is 4.90 Å². The molecule has 0 saturated carbocycles. The number of hydrogen-bond donors (Lipinski definition) is 1. The third-order valence-electron chi connectivity index (χ3n) is 6.62. The summed E-state index contributed by atoms with van der Waals surface area (Å²) >= 11 is 0. The Morgan fingerprint density at radius 1 is 0.975 bits per heavy atom. The Hall–Kier alpha value is -4.47. The highest BCUT2D eigenvalue weighted by atomic mass is 19.4. The van der Waals surface area contributed by atoms with Crippen LogP contribution in [0.4, 0.5) is 23.2 Å². The predicted octanol–water partition coefficient (Wildman–Crippen LogP) is 6.45. The van der Waals surface area contributed by atoms with Crippen LogP contribution < -0.4 is 5.32 Å². The first-order valence-corrected chi connectivity index (χ1v) is 12.5. The zero-order valence-corrected chi connectivity index (χ0v) is 21.7. The molecule has 6 nitrogen and oxygen atoms in total. The van der Waals surface area contributed by atoms with Crippen molar-refractivity contribution in [2.24, 2.45) is 0 Å². The van der Waals surface area contributed by atoms with E-state index in [-0.39, 0.29) is 31.1 Å². The molecule has 40 heavy (non-hydrogen) atoms. The number of rotatable bonds is 7. The van der Waals surface area contributed by atoms with E-state index < -0.39 is 35.4 Å². The van der Waals surface area contributed by atoms with Gasteiger partial charge in [0.25, 0.3) is 5.91 Å². The fourth-order valence-electron chi connectivity index (χ4n) is 4.55. The lowest BCUT2D eigenvalue weighted by molar-refractivity contribution is -0.140. The van der Waals surface area contributed by atoms with Gasteiger partial charge in [-0.2, -0.15) is 13.2 Å². The van der Waals surface area contributed by atoms with Crippen LogP contribution in [0.2, 0.25) is 0 Å². The van der Waals surface area contributed by atoms with Gasteiger partial charge in [0, 0.05) is 29.3 Å². The van der Waals surface area contributed by atoms with Crippen molar-refractivity contribution in [3.8, 4) is 0 Å². The number of alkyl halides is 3. The highest BCUT2D eigenvalue weighted by Crippen LogP contribution is 2.39. The van der Waals surface area contributed by atoms with Crippen molar-refractivity contribution in [1.29, 1.82) is 0 Å². The highest BCUT2D eigenvalue weighted by Gasteiger charge is 2.37. The molecule has 0 radical (unpaired) electrons. The average Bonchev–Trinajstić information content (AvgIpc) is 2.92. The molecule has 10 heteroatoms. The number of amides is 2. The fraction of sp³-hybridized carbons (Fsp3) is 0.233. The quantitative estimate of drug-likeness (QED) is 0.269. The number of nitrogens with zero attached hydrogens (tertiary/aromatic N) is 1. The smallest absolute Gasteiger partial charge is 0.416 e. The van der Waals surface area contributed by atoms with Crippen LogP contribution in [-0.2, 0) is 27.0 Å². The maximum absolute atomic E-state index is 13.2. The summed E-state index contributed by atoms with van der Waals surface area (Å²) in [4.78, 5) is 40.1. The Balaban J connectivity index is 1.56. The van der Waals surface area contributed by atoms with E-state index in [4.69, 9.17) is 4.74 Å². The molecule has 0 aromatic heterocycles. The summed E-state index contributed by atoms with van der Waals surface area (Å²) in [6.07, 6.45) is -4.64. The average molecular weight is 555 g/mol. The van der Waals surface area contributed by atoms with Gasteiger partial charge in [-0.25, -0.2) is 9.18 Å². The van der Waals surface area contributed by atoms with Gasteiger partial charge in [-0.3, -0.25) is 9.59 Å². The second-order valence-corrected chi connectivity index (χ2v) is 9.23. The Labute approximate surface area is 228 Å². The minimum absolute atomic E-state index is 0.0880. The number of allylic oxidation sites excluding steroid dienone is 1. The van der Waals surface area contributed by atoms with E-state index >= 15 is 0 Å². The Bertz CT molecular complexity index is 1430. The number of ether oxygens (including phenoxy) is 1. The number of benzene rings is 3. The molecule has 1 aliphatic rings. The van der Waals surface area contributed by atoms with Gasteiger partial charge >= 0.3 is 12.1 Å². The first-order chi connectivity index (χ1) is 19.0. The Kier molecular flexibility index (Phi) is 8.37. The molecule has 1 N–H and O–H groups in total. The summed E-state index contributed by atoms with van der Waals surface area (Å²) in [6, 6.07) is 16.3. The Morgan fingerprint density at radius 2 is 1.60 bits per heavy atom. The minimum Gasteiger partial charge on any atom is -0.463 e. The van der Waals surface area contributed by atoms with E-state index in [2.05, 4.69) is 5.32 Å². The third kappa shape index (κ3) is 6.39. The molecule has 0 aliphatic carbocycles. The van der Waals surface area contributed by atoms with Crippen LogP contribution in [0.5, 0.6) is 0 Å². The second-order valence-electron chi connectivity index (χ2n) is 9.23. The summed E-state index contributed by atoms with van der Waals surface area (Å²) in [5, 5.41) is 2.67. The molecule has 4 rings (SSSR count). The maximum Gasteiger partial charge on any atom is 0.416 e. The first kappa shape index (κ1) is 28.5. The van der Waals surface area contributed by atoms with E-state index in [1.165, 1.54) is 41.3 Å². The largest absolute Gasteiger partial charge is 0.463 e. The van der Waals surface area contributed by atoms with Crippen LogP contribution in [0.1, 0.15) is 53.2 Å². The highest BCUT2D eigenvalue weighted by molar-refractivity contribution is 6.04. The van der Waals surface area contributed by atoms with Crippen molar-refractivity contribution >= 4 is 23.5 Å². The lowest BCUT2D eigenvalue weighted by Gasteiger charge is -2.34. The van der Waals surface area contributed by atoms with Crippen LogP contribution in [0.3, 0.4) is 0 Å². The van der Waals surface area contributed by atoms with Gasteiger partial charge in [-0.15, -0.1) is 0 Å². The summed E-state index contributed by atoms with van der Waals surface area (Å²) in [6.45, 7) is 3.43. The molecule has 0 bridgehead atoms. The van der Waals surface area contributed by atoms with Crippen LogP contribution in [0.25, 0.3) is 0 Å². The van der Waals surface area contributed by atoms with E-state index in [9.17, 15) is 31.9 Å². The molecule has 1 aliphatic heterocycles. The topological polar surface area (TPSA) is 75.7 Å². The number of nitrogens with one attached hydrogen (secondary N) is 1. The maximum atomic E-state index is 13.2. The van der Waals surface area contributed by atoms with E-state index in [0.717, 1.165) is 12.1 Å². The molecular formula is C30H26F4N2O4. The lowest BCUT2D eigenvalue weighted by atomic mass is 9.83. The summed E-state index contributed by atoms with van der Waals surface area (Å²) in [7, 11) is 0. The number of carbonyl (C=O) groups excluding carboxylic acids is 3. The lowest BCUT2D eigenvalue weighted by Crippen LogP contribution is -2.38. The minimum atomic E-state index is -4.51. The monoisotopic (exact) mass is 554 g/mol. The third-order valence-corrected chi connectivity index (χ3v) is 6.62. The van der Waals surface area contributed by atoms with Gasteiger partial charge in [0.15, 0.2) is 0 Å². The van der Waals surface area contributed by atoms with Gasteiger partial charge in [0.05, 0.1) is 24.3 Å². The van der Waals surface area contributed by atoms with Crippen LogP contribution in [-0.4, -0.2) is 29.3 Å². The number of esters is 1. The first-order valence-electron chi connectivity index (χ1n) is 12.5. The summed E-state index contributed by atoms with van der Waals surface area (Å²) in [5.41, 5.74) is 1.59. The normalized spacial score (nSPS) is 15.7. The van der Waals surface area contributed by atoms with Crippen molar-refractivity contribution in [3.63, 3.8) is 0 Å². The van der Waals surface area contributed by atoms with Gasteiger partial charge in [0.1, 0.15) is 5.82 Å². The number of hydrogen-bond acceptors (Lipinski definition) is 4. The molecule has 1 unspecified atom stereocenters. The molecule has 3 aromatic carbocycles. The van der Waals surface area contributed by atoms with Crippen molar-refractivity contribution in [2.45, 2.75) is 38.9 Å².